The number of hydrogen-bond acceptors (Lipinski definition) is 4. The number of benzene rings is 2. The van der Waals surface area contributed by atoms with E-state index in [1.165, 1.54) is 0 Å². The van der Waals surface area contributed by atoms with Gasteiger partial charge in [0, 0.05) is 4.90 Å². The van der Waals surface area contributed by atoms with Gasteiger partial charge in [0.1, 0.15) is 12.0 Å². The van der Waals surface area contributed by atoms with Crippen molar-refractivity contribution in [2.45, 2.75) is 11.5 Å². The predicted octanol–water partition coefficient (Wildman–Crippen LogP) is 3.85. The number of ether oxygens (including phenoxy) is 2. The Morgan fingerprint density at radius 1 is 1.11 bits per heavy atom. The van der Waals surface area contributed by atoms with Crippen molar-refractivity contribution < 1.29 is 9.47 Å². The van der Waals surface area contributed by atoms with Gasteiger partial charge in [0.25, 0.3) is 0 Å². The Bertz CT molecular complexity index is 578. The Morgan fingerprint density at radius 2 is 1.89 bits per heavy atom. The lowest BCUT2D eigenvalue weighted by molar-refractivity contribution is 0.283. The fourth-order valence-corrected chi connectivity index (χ4v) is 2.03. The molecule has 0 radical (unpaired) electrons. The Hall–Kier alpha value is -2.12. The largest absolute Gasteiger partial charge is 0.493 e. The molecule has 0 spiro atoms. The lowest BCUT2D eigenvalue weighted by atomic mass is 10.2. The highest BCUT2D eigenvalue weighted by molar-refractivity contribution is 8.03. The standard InChI is InChI=1S/C15H13NO2S/c1-17-14-8-7-13(19-11-16)9-15(14)18-10-12-5-3-2-4-6-12/h2-9H,10H2,1H3. The Balaban J connectivity index is 2.14. The van der Waals surface area contributed by atoms with Crippen LogP contribution in [0.25, 0.3) is 0 Å². The highest BCUT2D eigenvalue weighted by Gasteiger charge is 2.06. The van der Waals surface area contributed by atoms with Crippen molar-refractivity contribution >= 4 is 11.8 Å². The van der Waals surface area contributed by atoms with Crippen LogP contribution in [-0.4, -0.2) is 7.11 Å². The Labute approximate surface area is 116 Å². The Kier molecular flexibility index (Phi) is 4.71. The van der Waals surface area contributed by atoms with Crippen LogP contribution in [0.3, 0.4) is 0 Å². The Morgan fingerprint density at radius 3 is 2.58 bits per heavy atom. The van der Waals surface area contributed by atoms with Crippen LogP contribution < -0.4 is 9.47 Å². The first-order valence-electron chi connectivity index (χ1n) is 5.74. The fourth-order valence-electron chi connectivity index (χ4n) is 1.62. The van der Waals surface area contributed by atoms with Gasteiger partial charge >= 0.3 is 0 Å². The second-order valence-electron chi connectivity index (χ2n) is 3.78. The number of thiocyanates is 1. The van der Waals surface area contributed by atoms with E-state index >= 15 is 0 Å². The molecule has 0 N–H and O–H groups in total. The summed E-state index contributed by atoms with van der Waals surface area (Å²) in [5.74, 6) is 1.31. The monoisotopic (exact) mass is 271 g/mol. The first-order chi connectivity index (χ1) is 9.33. The SMILES string of the molecule is COc1ccc(SC#N)cc1OCc1ccccc1. The summed E-state index contributed by atoms with van der Waals surface area (Å²) in [5, 5.41) is 10.7. The maximum Gasteiger partial charge on any atom is 0.162 e. The number of hydrogen-bond donors (Lipinski definition) is 0. The van der Waals surface area contributed by atoms with E-state index in [0.29, 0.717) is 18.1 Å². The molecule has 0 aliphatic heterocycles. The minimum Gasteiger partial charge on any atom is -0.493 e. The van der Waals surface area contributed by atoms with Crippen molar-refractivity contribution in [2.75, 3.05) is 7.11 Å². The van der Waals surface area contributed by atoms with Crippen molar-refractivity contribution in [2.24, 2.45) is 0 Å². The summed E-state index contributed by atoms with van der Waals surface area (Å²) >= 11 is 1.10. The van der Waals surface area contributed by atoms with E-state index in [2.05, 4.69) is 0 Å². The van der Waals surface area contributed by atoms with Crippen molar-refractivity contribution in [3.63, 3.8) is 0 Å². The van der Waals surface area contributed by atoms with E-state index in [0.717, 1.165) is 22.2 Å². The van der Waals surface area contributed by atoms with E-state index in [4.69, 9.17) is 14.7 Å². The molecule has 3 nitrogen and oxygen atoms in total. The molecule has 0 saturated carbocycles. The van der Waals surface area contributed by atoms with E-state index in [1.54, 1.807) is 13.2 Å². The molecule has 19 heavy (non-hydrogen) atoms. The van der Waals surface area contributed by atoms with Crippen LogP contribution in [0.4, 0.5) is 0 Å². The van der Waals surface area contributed by atoms with Gasteiger partial charge in [-0.2, -0.15) is 5.26 Å². The third-order valence-electron chi connectivity index (χ3n) is 2.54. The van der Waals surface area contributed by atoms with Crippen LogP contribution in [0.5, 0.6) is 11.5 Å². The molecule has 0 aliphatic rings. The summed E-state index contributed by atoms with van der Waals surface area (Å²) in [6.07, 6.45) is 0. The number of nitriles is 1. The fraction of sp³-hybridized carbons (Fsp3) is 0.133. The highest BCUT2D eigenvalue weighted by Crippen LogP contribution is 2.32. The average Bonchev–Trinajstić information content (AvgIpc) is 2.47. The van der Waals surface area contributed by atoms with Crippen LogP contribution >= 0.6 is 11.8 Å². The molecular formula is C15H13NO2S. The molecule has 0 fully saturated rings. The van der Waals surface area contributed by atoms with E-state index < -0.39 is 0 Å². The molecule has 0 aliphatic carbocycles. The molecule has 2 aromatic rings. The minimum absolute atomic E-state index is 0.470. The minimum atomic E-state index is 0.470. The molecule has 2 rings (SSSR count). The summed E-state index contributed by atoms with van der Waals surface area (Å²) in [6, 6.07) is 15.4. The maximum absolute atomic E-state index is 8.69. The molecule has 0 amide bonds. The number of rotatable bonds is 5. The maximum atomic E-state index is 8.69. The lowest BCUT2D eigenvalue weighted by Gasteiger charge is -2.11. The van der Waals surface area contributed by atoms with Crippen molar-refractivity contribution in [3.05, 3.63) is 54.1 Å². The molecule has 2 aromatic carbocycles. The van der Waals surface area contributed by atoms with Crippen molar-refractivity contribution in [3.8, 4) is 16.9 Å². The first kappa shape index (κ1) is 13.3. The number of nitrogens with zero attached hydrogens (tertiary/aromatic N) is 1. The first-order valence-corrected chi connectivity index (χ1v) is 6.56. The highest BCUT2D eigenvalue weighted by atomic mass is 32.2. The smallest absolute Gasteiger partial charge is 0.162 e. The topological polar surface area (TPSA) is 42.2 Å². The molecule has 0 saturated heterocycles. The van der Waals surface area contributed by atoms with E-state index in [1.807, 2.05) is 47.9 Å². The summed E-state index contributed by atoms with van der Waals surface area (Å²) in [4.78, 5) is 0.839. The van der Waals surface area contributed by atoms with E-state index in [9.17, 15) is 0 Å². The normalized spacial score (nSPS) is 9.68. The van der Waals surface area contributed by atoms with Gasteiger partial charge in [-0.25, -0.2) is 0 Å². The summed E-state index contributed by atoms with van der Waals surface area (Å²) in [5.41, 5.74) is 1.09. The van der Waals surface area contributed by atoms with Gasteiger partial charge in [-0.05, 0) is 35.5 Å². The van der Waals surface area contributed by atoms with Crippen LogP contribution in [0.2, 0.25) is 0 Å². The van der Waals surface area contributed by atoms with Gasteiger partial charge in [0.2, 0.25) is 0 Å². The van der Waals surface area contributed by atoms with E-state index in [-0.39, 0.29) is 0 Å². The molecule has 0 bridgehead atoms. The van der Waals surface area contributed by atoms with Gasteiger partial charge in [0.05, 0.1) is 7.11 Å². The summed E-state index contributed by atoms with van der Waals surface area (Å²) < 4.78 is 11.0. The van der Waals surface area contributed by atoms with Gasteiger partial charge in [-0.1, -0.05) is 30.3 Å². The van der Waals surface area contributed by atoms with Gasteiger partial charge < -0.3 is 9.47 Å². The molecular weight excluding hydrogens is 258 g/mol. The number of methoxy groups -OCH3 is 1. The third kappa shape index (κ3) is 3.67. The lowest BCUT2D eigenvalue weighted by Crippen LogP contribution is -1.97. The zero-order chi connectivity index (χ0) is 13.5. The van der Waals surface area contributed by atoms with Crippen LogP contribution in [-0.2, 0) is 6.61 Å². The molecule has 4 heteroatoms. The van der Waals surface area contributed by atoms with Crippen molar-refractivity contribution in [1.82, 2.24) is 0 Å². The zero-order valence-electron chi connectivity index (χ0n) is 10.5. The molecule has 0 atom stereocenters. The molecule has 96 valence electrons. The summed E-state index contributed by atoms with van der Waals surface area (Å²) in [6.45, 7) is 0.470. The second-order valence-corrected chi connectivity index (χ2v) is 4.64. The van der Waals surface area contributed by atoms with Crippen molar-refractivity contribution in [1.29, 1.82) is 5.26 Å². The third-order valence-corrected chi connectivity index (χ3v) is 3.12. The average molecular weight is 271 g/mol. The zero-order valence-corrected chi connectivity index (χ0v) is 11.3. The van der Waals surface area contributed by atoms with Crippen LogP contribution in [0, 0.1) is 10.7 Å². The van der Waals surface area contributed by atoms with Gasteiger partial charge in [0.15, 0.2) is 11.5 Å². The summed E-state index contributed by atoms with van der Waals surface area (Å²) in [7, 11) is 1.60. The molecule has 0 aromatic heterocycles. The predicted molar refractivity (Wildman–Crippen MR) is 75.2 cm³/mol. The van der Waals surface area contributed by atoms with Crippen LogP contribution in [0.1, 0.15) is 5.56 Å². The molecule has 0 unspecified atom stereocenters. The van der Waals surface area contributed by atoms with Crippen LogP contribution in [0.15, 0.2) is 53.4 Å². The number of thioether (sulfide) groups is 1. The van der Waals surface area contributed by atoms with Gasteiger partial charge in [-0.15, -0.1) is 0 Å². The second kappa shape index (κ2) is 6.72. The van der Waals surface area contributed by atoms with Gasteiger partial charge in [-0.3, -0.25) is 0 Å². The molecule has 0 heterocycles. The quantitative estimate of drug-likeness (QED) is 0.612.